The third kappa shape index (κ3) is 4.45. The predicted octanol–water partition coefficient (Wildman–Crippen LogP) is 3.95. The Morgan fingerprint density at radius 2 is 1.74 bits per heavy atom. The summed E-state index contributed by atoms with van der Waals surface area (Å²) in [7, 11) is 3.28. The third-order valence-corrected chi connectivity index (χ3v) is 4.96. The molecule has 0 saturated carbocycles. The van der Waals surface area contributed by atoms with Crippen molar-refractivity contribution in [2.45, 2.75) is 6.54 Å². The van der Waals surface area contributed by atoms with E-state index in [1.54, 1.807) is 67.6 Å². The van der Waals surface area contributed by atoms with Crippen LogP contribution in [0.2, 0.25) is 0 Å². The van der Waals surface area contributed by atoms with Crippen LogP contribution in [0.1, 0.15) is 26.3 Å². The van der Waals surface area contributed by atoms with Gasteiger partial charge in [-0.25, -0.2) is 0 Å². The molecule has 1 aliphatic rings. The van der Waals surface area contributed by atoms with Crippen molar-refractivity contribution in [1.82, 2.24) is 4.90 Å². The molecule has 2 amide bonds. The summed E-state index contributed by atoms with van der Waals surface area (Å²) in [6.07, 6.45) is 0. The number of para-hydroxylation sites is 1. The average molecular weight is 418 g/mol. The molecule has 0 bridgehead atoms. The maximum Gasteiger partial charge on any atom is 0.256 e. The topological polar surface area (TPSA) is 77.1 Å². The molecule has 0 fully saturated rings. The van der Waals surface area contributed by atoms with Gasteiger partial charge >= 0.3 is 0 Å². The van der Waals surface area contributed by atoms with E-state index in [-0.39, 0.29) is 18.6 Å². The summed E-state index contributed by atoms with van der Waals surface area (Å²) < 4.78 is 15.9. The fraction of sp³-hybridized carbons (Fsp3) is 0.167. The van der Waals surface area contributed by atoms with Crippen molar-refractivity contribution in [2.75, 3.05) is 26.3 Å². The minimum absolute atomic E-state index is 0.203. The molecule has 31 heavy (non-hydrogen) atoms. The molecule has 1 heterocycles. The van der Waals surface area contributed by atoms with Crippen molar-refractivity contribution in [1.29, 1.82) is 0 Å². The standard InChI is InChI=1S/C24H22N2O5/c1-26(14-16-7-12-21-22(13-16)31-15-30-21)24(28)19-5-3-4-6-20(19)25-23(27)17-8-10-18(29-2)11-9-17/h3-13H,14-15H2,1-2H3,(H,25,27). The fourth-order valence-corrected chi connectivity index (χ4v) is 3.31. The maximum absolute atomic E-state index is 13.1. The molecular formula is C24H22N2O5. The van der Waals surface area contributed by atoms with Gasteiger partial charge in [0, 0.05) is 19.2 Å². The number of nitrogens with one attached hydrogen (secondary N) is 1. The lowest BCUT2D eigenvalue weighted by Crippen LogP contribution is -2.27. The normalized spacial score (nSPS) is 11.7. The molecular weight excluding hydrogens is 396 g/mol. The van der Waals surface area contributed by atoms with Gasteiger partial charge in [0.25, 0.3) is 11.8 Å². The number of carbonyl (C=O) groups excluding carboxylic acids is 2. The smallest absolute Gasteiger partial charge is 0.256 e. The molecule has 3 aromatic carbocycles. The highest BCUT2D eigenvalue weighted by molar-refractivity contribution is 6.09. The van der Waals surface area contributed by atoms with Gasteiger partial charge in [0.05, 0.1) is 18.4 Å². The van der Waals surface area contributed by atoms with Gasteiger partial charge in [0.2, 0.25) is 6.79 Å². The third-order valence-electron chi connectivity index (χ3n) is 4.96. The number of hydrogen-bond donors (Lipinski definition) is 1. The van der Waals surface area contributed by atoms with Gasteiger partial charge < -0.3 is 24.4 Å². The summed E-state index contributed by atoms with van der Waals surface area (Å²) >= 11 is 0. The van der Waals surface area contributed by atoms with Crippen molar-refractivity contribution in [2.24, 2.45) is 0 Å². The summed E-state index contributed by atoms with van der Waals surface area (Å²) in [5.74, 6) is 1.52. The molecule has 3 aromatic rings. The van der Waals surface area contributed by atoms with E-state index in [4.69, 9.17) is 14.2 Å². The Morgan fingerprint density at radius 3 is 2.52 bits per heavy atom. The summed E-state index contributed by atoms with van der Waals surface area (Å²) in [5, 5.41) is 2.83. The van der Waals surface area contributed by atoms with Crippen LogP contribution in [0.5, 0.6) is 17.2 Å². The molecule has 0 unspecified atom stereocenters. The molecule has 158 valence electrons. The van der Waals surface area contributed by atoms with Gasteiger partial charge in [0.15, 0.2) is 11.5 Å². The first-order valence-electron chi connectivity index (χ1n) is 9.73. The molecule has 4 rings (SSSR count). The number of carbonyl (C=O) groups is 2. The van der Waals surface area contributed by atoms with Gasteiger partial charge in [-0.15, -0.1) is 0 Å². The molecule has 0 spiro atoms. The Hall–Kier alpha value is -4.00. The Labute approximate surface area is 180 Å². The van der Waals surface area contributed by atoms with Crippen molar-refractivity contribution < 1.29 is 23.8 Å². The van der Waals surface area contributed by atoms with Gasteiger partial charge in [-0.1, -0.05) is 18.2 Å². The van der Waals surface area contributed by atoms with Gasteiger partial charge in [0.1, 0.15) is 5.75 Å². The van der Waals surface area contributed by atoms with Crippen LogP contribution in [0.3, 0.4) is 0 Å². The number of nitrogens with zero attached hydrogens (tertiary/aromatic N) is 1. The second-order valence-corrected chi connectivity index (χ2v) is 7.08. The fourth-order valence-electron chi connectivity index (χ4n) is 3.31. The number of hydrogen-bond acceptors (Lipinski definition) is 5. The largest absolute Gasteiger partial charge is 0.497 e. The molecule has 0 aromatic heterocycles. The monoisotopic (exact) mass is 418 g/mol. The first kappa shape index (κ1) is 20.3. The zero-order chi connectivity index (χ0) is 21.8. The molecule has 7 heteroatoms. The number of anilines is 1. The second kappa shape index (κ2) is 8.79. The lowest BCUT2D eigenvalue weighted by molar-refractivity contribution is 0.0786. The number of rotatable bonds is 6. The number of amides is 2. The summed E-state index contributed by atoms with van der Waals surface area (Å²) in [6, 6.07) is 19.3. The van der Waals surface area contributed by atoms with E-state index in [1.165, 1.54) is 0 Å². The highest BCUT2D eigenvalue weighted by Gasteiger charge is 2.19. The van der Waals surface area contributed by atoms with E-state index < -0.39 is 0 Å². The lowest BCUT2D eigenvalue weighted by atomic mass is 10.1. The minimum Gasteiger partial charge on any atom is -0.497 e. The van der Waals surface area contributed by atoms with Gasteiger partial charge in [-0.2, -0.15) is 0 Å². The first-order valence-corrected chi connectivity index (χ1v) is 9.73. The van der Waals surface area contributed by atoms with E-state index in [1.807, 2.05) is 18.2 Å². The van der Waals surface area contributed by atoms with E-state index in [9.17, 15) is 9.59 Å². The Bertz CT molecular complexity index is 1110. The highest BCUT2D eigenvalue weighted by Crippen LogP contribution is 2.33. The minimum atomic E-state index is -0.304. The van der Waals surface area contributed by atoms with E-state index in [2.05, 4.69) is 5.32 Å². The van der Waals surface area contributed by atoms with Crippen LogP contribution in [0.25, 0.3) is 0 Å². The zero-order valence-electron chi connectivity index (χ0n) is 17.3. The van der Waals surface area contributed by atoms with Crippen LogP contribution < -0.4 is 19.5 Å². The summed E-state index contributed by atoms with van der Waals surface area (Å²) in [5.41, 5.74) is 2.25. The number of fused-ring (bicyclic) bond motifs is 1. The van der Waals surface area contributed by atoms with Crippen molar-refractivity contribution in [3.05, 3.63) is 83.4 Å². The SMILES string of the molecule is COc1ccc(C(=O)Nc2ccccc2C(=O)N(C)Cc2ccc3c(c2)OCO3)cc1. The highest BCUT2D eigenvalue weighted by atomic mass is 16.7. The predicted molar refractivity (Wildman–Crippen MR) is 116 cm³/mol. The molecule has 0 radical (unpaired) electrons. The molecule has 1 N–H and O–H groups in total. The number of methoxy groups -OCH3 is 1. The number of ether oxygens (including phenoxy) is 3. The molecule has 0 saturated heterocycles. The molecule has 0 atom stereocenters. The number of benzene rings is 3. The van der Waals surface area contributed by atoms with E-state index in [0.717, 1.165) is 5.56 Å². The molecule has 7 nitrogen and oxygen atoms in total. The average Bonchev–Trinajstić information content (AvgIpc) is 3.27. The van der Waals surface area contributed by atoms with Crippen molar-refractivity contribution in [3.8, 4) is 17.2 Å². The van der Waals surface area contributed by atoms with Crippen LogP contribution in [0, 0.1) is 0 Å². The zero-order valence-corrected chi connectivity index (χ0v) is 17.3. The van der Waals surface area contributed by atoms with Crippen LogP contribution in [0.15, 0.2) is 66.7 Å². The molecule has 1 aliphatic heterocycles. The lowest BCUT2D eigenvalue weighted by Gasteiger charge is -2.19. The second-order valence-electron chi connectivity index (χ2n) is 7.08. The Kier molecular flexibility index (Phi) is 5.75. The molecule has 0 aliphatic carbocycles. The van der Waals surface area contributed by atoms with Crippen LogP contribution in [-0.4, -0.2) is 37.7 Å². The van der Waals surface area contributed by atoms with E-state index in [0.29, 0.717) is 40.6 Å². The first-order chi connectivity index (χ1) is 15.0. The van der Waals surface area contributed by atoms with Crippen molar-refractivity contribution in [3.63, 3.8) is 0 Å². The Balaban J connectivity index is 1.48. The van der Waals surface area contributed by atoms with Crippen LogP contribution in [0.4, 0.5) is 5.69 Å². The quantitative estimate of drug-likeness (QED) is 0.656. The van der Waals surface area contributed by atoms with Gasteiger partial charge in [-0.3, -0.25) is 9.59 Å². The van der Waals surface area contributed by atoms with Crippen LogP contribution in [-0.2, 0) is 6.54 Å². The van der Waals surface area contributed by atoms with Gasteiger partial charge in [-0.05, 0) is 54.1 Å². The maximum atomic E-state index is 13.1. The summed E-state index contributed by atoms with van der Waals surface area (Å²) in [6.45, 7) is 0.588. The van der Waals surface area contributed by atoms with Crippen LogP contribution >= 0.6 is 0 Å². The van der Waals surface area contributed by atoms with Crippen molar-refractivity contribution >= 4 is 17.5 Å². The Morgan fingerprint density at radius 1 is 1.00 bits per heavy atom. The van der Waals surface area contributed by atoms with E-state index >= 15 is 0 Å². The summed E-state index contributed by atoms with van der Waals surface area (Å²) in [4.78, 5) is 27.4.